The first-order chi connectivity index (χ1) is 9.25. The maximum atomic E-state index is 12.0. The van der Waals surface area contributed by atoms with Crippen LogP contribution in [0.15, 0.2) is 10.9 Å². The van der Waals surface area contributed by atoms with Crippen molar-refractivity contribution in [1.29, 1.82) is 0 Å². The summed E-state index contributed by atoms with van der Waals surface area (Å²) >= 11 is 1.60. The van der Waals surface area contributed by atoms with Crippen LogP contribution >= 0.6 is 11.3 Å². The zero-order valence-corrected chi connectivity index (χ0v) is 12.5. The Morgan fingerprint density at radius 2 is 2.26 bits per heavy atom. The summed E-state index contributed by atoms with van der Waals surface area (Å²) in [6, 6.07) is 0. The SMILES string of the molecule is C[C@H](CC1CCCCC1)C(=O)NCCc1cscn1. The monoisotopic (exact) mass is 280 g/mol. The van der Waals surface area contributed by atoms with Crippen molar-refractivity contribution in [3.8, 4) is 0 Å². The normalized spacial score (nSPS) is 18.2. The van der Waals surface area contributed by atoms with Crippen LogP contribution in [0.25, 0.3) is 0 Å². The van der Waals surface area contributed by atoms with Gasteiger partial charge in [-0.15, -0.1) is 11.3 Å². The summed E-state index contributed by atoms with van der Waals surface area (Å²) in [6.45, 7) is 2.77. The Morgan fingerprint density at radius 3 is 2.95 bits per heavy atom. The maximum Gasteiger partial charge on any atom is 0.222 e. The van der Waals surface area contributed by atoms with Gasteiger partial charge < -0.3 is 5.32 Å². The van der Waals surface area contributed by atoms with Crippen molar-refractivity contribution in [2.24, 2.45) is 11.8 Å². The fraction of sp³-hybridized carbons (Fsp3) is 0.733. The van der Waals surface area contributed by atoms with Gasteiger partial charge in [0.2, 0.25) is 5.91 Å². The third-order valence-corrected chi connectivity index (χ3v) is 4.66. The van der Waals surface area contributed by atoms with Gasteiger partial charge in [-0.3, -0.25) is 4.79 Å². The molecule has 2 rings (SSSR count). The second-order valence-corrected chi connectivity index (χ2v) is 6.38. The van der Waals surface area contributed by atoms with Gasteiger partial charge in [0.1, 0.15) is 0 Å². The van der Waals surface area contributed by atoms with Crippen LogP contribution in [0.2, 0.25) is 0 Å². The summed E-state index contributed by atoms with van der Waals surface area (Å²) in [4.78, 5) is 16.2. The van der Waals surface area contributed by atoms with Crippen LogP contribution in [0.1, 0.15) is 51.1 Å². The molecule has 1 aromatic rings. The number of nitrogens with one attached hydrogen (secondary N) is 1. The highest BCUT2D eigenvalue weighted by molar-refractivity contribution is 7.07. The fourth-order valence-corrected chi connectivity index (χ4v) is 3.47. The van der Waals surface area contributed by atoms with Crippen molar-refractivity contribution < 1.29 is 4.79 Å². The number of thiazole rings is 1. The van der Waals surface area contributed by atoms with E-state index in [1.165, 1.54) is 32.1 Å². The predicted molar refractivity (Wildman–Crippen MR) is 79.2 cm³/mol. The van der Waals surface area contributed by atoms with Gasteiger partial charge in [-0.05, 0) is 12.3 Å². The number of aromatic nitrogens is 1. The molecule has 1 amide bonds. The minimum absolute atomic E-state index is 0.151. The average molecular weight is 280 g/mol. The Hall–Kier alpha value is -0.900. The van der Waals surface area contributed by atoms with E-state index in [0.717, 1.165) is 24.5 Å². The van der Waals surface area contributed by atoms with Gasteiger partial charge >= 0.3 is 0 Å². The van der Waals surface area contributed by atoms with Crippen molar-refractivity contribution >= 4 is 17.2 Å². The second-order valence-electron chi connectivity index (χ2n) is 5.66. The number of hydrogen-bond donors (Lipinski definition) is 1. The smallest absolute Gasteiger partial charge is 0.222 e. The van der Waals surface area contributed by atoms with Crippen LogP contribution in [0.3, 0.4) is 0 Å². The molecule has 19 heavy (non-hydrogen) atoms. The van der Waals surface area contributed by atoms with Gasteiger partial charge in [0.05, 0.1) is 11.2 Å². The molecule has 106 valence electrons. The van der Waals surface area contributed by atoms with E-state index in [2.05, 4.69) is 17.2 Å². The first-order valence-corrected chi connectivity index (χ1v) is 8.34. The molecule has 0 radical (unpaired) electrons. The lowest BCUT2D eigenvalue weighted by Crippen LogP contribution is -2.32. The lowest BCUT2D eigenvalue weighted by atomic mass is 9.83. The standard InChI is InChI=1S/C15H24N2OS/c1-12(9-13-5-3-2-4-6-13)15(18)16-8-7-14-10-19-11-17-14/h10-13H,2-9H2,1H3,(H,16,18)/t12-/m1/s1. The Kier molecular flexibility index (Phi) is 5.83. The van der Waals surface area contributed by atoms with Gasteiger partial charge in [0.15, 0.2) is 0 Å². The molecule has 3 nitrogen and oxygen atoms in total. The lowest BCUT2D eigenvalue weighted by Gasteiger charge is -2.24. The van der Waals surface area contributed by atoms with Gasteiger partial charge in [-0.1, -0.05) is 39.0 Å². The van der Waals surface area contributed by atoms with E-state index in [9.17, 15) is 4.79 Å². The minimum Gasteiger partial charge on any atom is -0.355 e. The molecule has 1 N–H and O–H groups in total. The molecule has 1 aliphatic carbocycles. The van der Waals surface area contributed by atoms with E-state index in [1.54, 1.807) is 11.3 Å². The third kappa shape index (κ3) is 4.94. The van der Waals surface area contributed by atoms with Crippen LogP contribution in [0, 0.1) is 11.8 Å². The highest BCUT2D eigenvalue weighted by atomic mass is 32.1. The molecule has 1 saturated carbocycles. The summed E-state index contributed by atoms with van der Waals surface area (Å²) in [5.41, 5.74) is 2.91. The molecule has 0 aliphatic heterocycles. The van der Waals surface area contributed by atoms with Gasteiger partial charge in [0, 0.05) is 24.3 Å². The molecule has 1 aromatic heterocycles. The quantitative estimate of drug-likeness (QED) is 0.867. The molecule has 0 bridgehead atoms. The van der Waals surface area contributed by atoms with E-state index in [1.807, 2.05) is 10.9 Å². The van der Waals surface area contributed by atoms with E-state index >= 15 is 0 Å². The van der Waals surface area contributed by atoms with Crippen LogP contribution in [0.4, 0.5) is 0 Å². The summed E-state index contributed by atoms with van der Waals surface area (Å²) < 4.78 is 0. The van der Waals surface area contributed by atoms with Crippen LogP contribution in [-0.4, -0.2) is 17.4 Å². The van der Waals surface area contributed by atoms with Crippen molar-refractivity contribution in [3.05, 3.63) is 16.6 Å². The largest absolute Gasteiger partial charge is 0.355 e. The second kappa shape index (κ2) is 7.63. The van der Waals surface area contributed by atoms with Crippen molar-refractivity contribution in [3.63, 3.8) is 0 Å². The Labute approximate surface area is 119 Å². The molecule has 0 aromatic carbocycles. The third-order valence-electron chi connectivity index (χ3n) is 4.02. The first-order valence-electron chi connectivity index (χ1n) is 7.40. The summed E-state index contributed by atoms with van der Waals surface area (Å²) in [5.74, 6) is 1.13. The molecule has 1 atom stereocenters. The summed E-state index contributed by atoms with van der Waals surface area (Å²) in [7, 11) is 0. The average Bonchev–Trinajstić information content (AvgIpc) is 2.93. The lowest BCUT2D eigenvalue weighted by molar-refractivity contribution is -0.125. The first kappa shape index (κ1) is 14.5. The highest BCUT2D eigenvalue weighted by Crippen LogP contribution is 2.28. The van der Waals surface area contributed by atoms with Crippen molar-refractivity contribution in [2.75, 3.05) is 6.54 Å². The Balaban J connectivity index is 1.64. The molecular formula is C15H24N2OS. The zero-order valence-electron chi connectivity index (χ0n) is 11.7. The molecule has 0 saturated heterocycles. The number of nitrogens with zero attached hydrogens (tertiary/aromatic N) is 1. The summed E-state index contributed by atoms with van der Waals surface area (Å²) in [6.07, 6.45) is 8.61. The number of amides is 1. The van der Waals surface area contributed by atoms with Gasteiger partial charge in [-0.2, -0.15) is 0 Å². The fourth-order valence-electron chi connectivity index (χ4n) is 2.88. The van der Waals surface area contributed by atoms with Crippen LogP contribution in [-0.2, 0) is 11.2 Å². The molecule has 0 spiro atoms. The topological polar surface area (TPSA) is 42.0 Å². The highest BCUT2D eigenvalue weighted by Gasteiger charge is 2.20. The predicted octanol–water partition coefficient (Wildman–Crippen LogP) is 3.41. The van der Waals surface area contributed by atoms with Crippen LogP contribution in [0.5, 0.6) is 0 Å². The molecule has 1 fully saturated rings. The van der Waals surface area contributed by atoms with Gasteiger partial charge in [0.25, 0.3) is 0 Å². The molecule has 1 heterocycles. The molecule has 1 aliphatic rings. The van der Waals surface area contributed by atoms with E-state index in [-0.39, 0.29) is 11.8 Å². The maximum absolute atomic E-state index is 12.0. The van der Waals surface area contributed by atoms with E-state index in [4.69, 9.17) is 0 Å². The van der Waals surface area contributed by atoms with E-state index in [0.29, 0.717) is 6.54 Å². The molecule has 0 unspecified atom stereocenters. The van der Waals surface area contributed by atoms with E-state index < -0.39 is 0 Å². The zero-order chi connectivity index (χ0) is 13.5. The van der Waals surface area contributed by atoms with Gasteiger partial charge in [-0.25, -0.2) is 4.98 Å². The number of hydrogen-bond acceptors (Lipinski definition) is 3. The summed E-state index contributed by atoms with van der Waals surface area (Å²) in [5, 5.41) is 5.08. The number of rotatable bonds is 6. The van der Waals surface area contributed by atoms with Crippen molar-refractivity contribution in [1.82, 2.24) is 10.3 Å². The minimum atomic E-state index is 0.151. The van der Waals surface area contributed by atoms with Crippen LogP contribution < -0.4 is 5.32 Å². The Morgan fingerprint density at radius 1 is 1.47 bits per heavy atom. The number of carbonyl (C=O) groups is 1. The number of carbonyl (C=O) groups excluding carboxylic acids is 1. The van der Waals surface area contributed by atoms with Crippen molar-refractivity contribution in [2.45, 2.75) is 51.9 Å². The Bertz CT molecular complexity index is 372. The molecule has 4 heteroatoms. The molecular weight excluding hydrogens is 256 g/mol.